The first-order chi connectivity index (χ1) is 14.3. The molecule has 2 aromatic carbocycles. The molecule has 1 amide bonds. The van der Waals surface area contributed by atoms with Crippen molar-refractivity contribution in [1.82, 2.24) is 4.31 Å². The van der Waals surface area contributed by atoms with Gasteiger partial charge in [0.2, 0.25) is 10.0 Å². The molecule has 0 bridgehead atoms. The van der Waals surface area contributed by atoms with E-state index in [0.29, 0.717) is 5.69 Å². The molecule has 0 saturated carbocycles. The van der Waals surface area contributed by atoms with Gasteiger partial charge >= 0.3 is 5.97 Å². The number of carbonyl (C=O) groups is 2. The molecule has 30 heavy (non-hydrogen) atoms. The van der Waals surface area contributed by atoms with E-state index in [9.17, 15) is 22.4 Å². The first-order valence-corrected chi connectivity index (χ1v) is 10.6. The lowest BCUT2D eigenvalue weighted by molar-refractivity contribution is -0.119. The molecular formula is C20H21FN2O6S. The Morgan fingerprint density at radius 3 is 2.60 bits per heavy atom. The molecule has 2 aromatic rings. The van der Waals surface area contributed by atoms with Crippen molar-refractivity contribution in [2.45, 2.75) is 11.8 Å². The van der Waals surface area contributed by atoms with Crippen LogP contribution in [-0.4, -0.2) is 57.5 Å². The van der Waals surface area contributed by atoms with E-state index in [1.165, 1.54) is 4.31 Å². The van der Waals surface area contributed by atoms with Crippen molar-refractivity contribution in [2.75, 3.05) is 38.2 Å². The third-order valence-electron chi connectivity index (χ3n) is 4.40. The van der Waals surface area contributed by atoms with E-state index in [4.69, 9.17) is 9.47 Å². The summed E-state index contributed by atoms with van der Waals surface area (Å²) in [6, 6.07) is 9.91. The third-order valence-corrected chi connectivity index (χ3v) is 6.30. The highest BCUT2D eigenvalue weighted by molar-refractivity contribution is 7.89. The van der Waals surface area contributed by atoms with Crippen LogP contribution in [0.4, 0.5) is 10.1 Å². The molecule has 1 fully saturated rings. The summed E-state index contributed by atoms with van der Waals surface area (Å²) in [7, 11) is -3.91. The van der Waals surface area contributed by atoms with Crippen molar-refractivity contribution in [2.24, 2.45) is 0 Å². The maximum atomic E-state index is 14.1. The number of benzene rings is 2. The zero-order chi connectivity index (χ0) is 21.7. The molecule has 0 aliphatic carbocycles. The van der Waals surface area contributed by atoms with Gasteiger partial charge in [0.25, 0.3) is 5.91 Å². The van der Waals surface area contributed by atoms with Gasteiger partial charge in [0.1, 0.15) is 5.82 Å². The second-order valence-corrected chi connectivity index (χ2v) is 8.59. The van der Waals surface area contributed by atoms with Crippen LogP contribution in [0.5, 0.6) is 0 Å². The zero-order valence-electron chi connectivity index (χ0n) is 16.3. The Morgan fingerprint density at radius 2 is 1.90 bits per heavy atom. The second-order valence-electron chi connectivity index (χ2n) is 6.65. The van der Waals surface area contributed by atoms with Crippen molar-refractivity contribution in [3.63, 3.8) is 0 Å². The Labute approximate surface area is 173 Å². The van der Waals surface area contributed by atoms with Crippen molar-refractivity contribution < 1.29 is 31.9 Å². The van der Waals surface area contributed by atoms with E-state index in [1.807, 2.05) is 13.0 Å². The molecule has 3 rings (SSSR count). The fourth-order valence-corrected chi connectivity index (χ4v) is 4.32. The number of halogens is 1. The number of rotatable bonds is 6. The Kier molecular flexibility index (Phi) is 6.80. The Balaban J connectivity index is 1.68. The number of sulfonamides is 1. The standard InChI is InChI=1S/C20H21FN2O6S/c1-14-3-2-4-15(11-14)22-19(24)13-29-20(25)17-12-16(5-6-18(17)21)30(26,27)23-7-9-28-10-8-23/h2-6,11-12H,7-10,13H2,1H3,(H,22,24). The predicted octanol–water partition coefficient (Wildman–Crippen LogP) is 1.95. The van der Waals surface area contributed by atoms with E-state index in [0.717, 1.165) is 23.8 Å². The van der Waals surface area contributed by atoms with E-state index in [-0.39, 0.29) is 31.2 Å². The van der Waals surface area contributed by atoms with Crippen LogP contribution in [0.25, 0.3) is 0 Å². The quantitative estimate of drug-likeness (QED) is 0.695. The average Bonchev–Trinajstić information content (AvgIpc) is 2.73. The molecule has 1 N–H and O–H groups in total. The number of ether oxygens (including phenoxy) is 2. The topological polar surface area (TPSA) is 102 Å². The number of hydrogen-bond donors (Lipinski definition) is 1. The molecule has 8 nitrogen and oxygen atoms in total. The molecule has 1 saturated heterocycles. The monoisotopic (exact) mass is 436 g/mol. The van der Waals surface area contributed by atoms with Crippen molar-refractivity contribution in [1.29, 1.82) is 0 Å². The summed E-state index contributed by atoms with van der Waals surface area (Å²) >= 11 is 0. The summed E-state index contributed by atoms with van der Waals surface area (Å²) < 4.78 is 50.7. The smallest absolute Gasteiger partial charge is 0.341 e. The van der Waals surface area contributed by atoms with Gasteiger partial charge in [0.05, 0.1) is 23.7 Å². The van der Waals surface area contributed by atoms with Crippen LogP contribution in [0.2, 0.25) is 0 Å². The molecule has 0 unspecified atom stereocenters. The highest BCUT2D eigenvalue weighted by Crippen LogP contribution is 2.21. The molecule has 1 aliphatic heterocycles. The molecule has 0 spiro atoms. The normalized spacial score (nSPS) is 14.9. The summed E-state index contributed by atoms with van der Waals surface area (Å²) in [5, 5.41) is 2.56. The zero-order valence-corrected chi connectivity index (χ0v) is 17.1. The molecule has 160 valence electrons. The number of esters is 1. The summed E-state index contributed by atoms with van der Waals surface area (Å²) in [6.45, 7) is 2.05. The molecule has 1 aliphatic rings. The number of aryl methyl sites for hydroxylation is 1. The van der Waals surface area contributed by atoms with Crippen LogP contribution in [0.15, 0.2) is 47.4 Å². The van der Waals surface area contributed by atoms with Gasteiger partial charge < -0.3 is 14.8 Å². The molecule has 1 heterocycles. The van der Waals surface area contributed by atoms with Crippen LogP contribution >= 0.6 is 0 Å². The van der Waals surface area contributed by atoms with Gasteiger partial charge in [-0.3, -0.25) is 4.79 Å². The minimum absolute atomic E-state index is 0.165. The summed E-state index contributed by atoms with van der Waals surface area (Å²) in [4.78, 5) is 24.0. The Morgan fingerprint density at radius 1 is 1.17 bits per heavy atom. The Bertz CT molecular complexity index is 1050. The Hall–Kier alpha value is -2.82. The van der Waals surface area contributed by atoms with E-state index in [1.54, 1.807) is 18.2 Å². The van der Waals surface area contributed by atoms with Gasteiger partial charge in [0.15, 0.2) is 6.61 Å². The molecule has 0 atom stereocenters. The van der Waals surface area contributed by atoms with Crippen LogP contribution < -0.4 is 5.32 Å². The van der Waals surface area contributed by atoms with Gasteiger partial charge in [-0.05, 0) is 42.8 Å². The summed E-state index contributed by atoms with van der Waals surface area (Å²) in [6.07, 6.45) is 0. The van der Waals surface area contributed by atoms with Crippen LogP contribution in [0.1, 0.15) is 15.9 Å². The van der Waals surface area contributed by atoms with Gasteiger partial charge in [-0.1, -0.05) is 12.1 Å². The fraction of sp³-hybridized carbons (Fsp3) is 0.300. The fourth-order valence-electron chi connectivity index (χ4n) is 2.89. The molecule has 10 heteroatoms. The number of carbonyl (C=O) groups excluding carboxylic acids is 2. The van der Waals surface area contributed by atoms with Gasteiger partial charge in [0, 0.05) is 18.8 Å². The number of anilines is 1. The molecular weight excluding hydrogens is 415 g/mol. The maximum absolute atomic E-state index is 14.1. The number of amides is 1. The van der Waals surface area contributed by atoms with E-state index in [2.05, 4.69) is 5.32 Å². The largest absolute Gasteiger partial charge is 0.452 e. The maximum Gasteiger partial charge on any atom is 0.341 e. The summed E-state index contributed by atoms with van der Waals surface area (Å²) in [5.41, 5.74) is 0.902. The van der Waals surface area contributed by atoms with Gasteiger partial charge in [-0.2, -0.15) is 4.31 Å². The van der Waals surface area contributed by atoms with E-state index < -0.39 is 39.9 Å². The van der Waals surface area contributed by atoms with Gasteiger partial charge in [-0.15, -0.1) is 0 Å². The summed E-state index contributed by atoms with van der Waals surface area (Å²) in [5.74, 6) is -2.68. The number of hydrogen-bond acceptors (Lipinski definition) is 6. The number of nitrogens with zero attached hydrogens (tertiary/aromatic N) is 1. The van der Waals surface area contributed by atoms with E-state index >= 15 is 0 Å². The SMILES string of the molecule is Cc1cccc(NC(=O)COC(=O)c2cc(S(=O)(=O)N3CCOCC3)ccc2F)c1. The van der Waals surface area contributed by atoms with Crippen molar-refractivity contribution in [3.8, 4) is 0 Å². The minimum Gasteiger partial charge on any atom is -0.452 e. The number of nitrogens with one attached hydrogen (secondary N) is 1. The lowest BCUT2D eigenvalue weighted by atomic mass is 10.2. The highest BCUT2D eigenvalue weighted by Gasteiger charge is 2.28. The minimum atomic E-state index is -3.91. The first-order valence-electron chi connectivity index (χ1n) is 9.18. The second kappa shape index (κ2) is 9.33. The lowest BCUT2D eigenvalue weighted by Crippen LogP contribution is -2.40. The predicted molar refractivity (Wildman–Crippen MR) is 106 cm³/mol. The van der Waals surface area contributed by atoms with Crippen molar-refractivity contribution >= 4 is 27.6 Å². The molecule has 0 radical (unpaired) electrons. The van der Waals surface area contributed by atoms with Gasteiger partial charge in [-0.25, -0.2) is 17.6 Å². The average molecular weight is 436 g/mol. The first kappa shape index (κ1) is 21.9. The lowest BCUT2D eigenvalue weighted by Gasteiger charge is -2.26. The third kappa shape index (κ3) is 5.21. The highest BCUT2D eigenvalue weighted by atomic mass is 32.2. The van der Waals surface area contributed by atoms with Crippen LogP contribution in [-0.2, 0) is 24.3 Å². The van der Waals surface area contributed by atoms with Crippen molar-refractivity contribution in [3.05, 3.63) is 59.4 Å². The molecule has 0 aromatic heterocycles. The number of morpholine rings is 1. The van der Waals surface area contributed by atoms with Crippen LogP contribution in [0, 0.1) is 12.7 Å². The van der Waals surface area contributed by atoms with Crippen LogP contribution in [0.3, 0.4) is 0 Å².